The lowest BCUT2D eigenvalue weighted by atomic mass is 9.82. The van der Waals surface area contributed by atoms with Gasteiger partial charge in [-0.15, -0.1) is 0 Å². The summed E-state index contributed by atoms with van der Waals surface area (Å²) in [7, 11) is 0. The highest BCUT2D eigenvalue weighted by Crippen LogP contribution is 2.55. The van der Waals surface area contributed by atoms with Gasteiger partial charge in [0.25, 0.3) is 0 Å². The van der Waals surface area contributed by atoms with E-state index in [1.54, 1.807) is 19.3 Å². The van der Waals surface area contributed by atoms with Crippen LogP contribution in [0.4, 0.5) is 0 Å². The molecule has 2 aliphatic carbocycles. The zero-order chi connectivity index (χ0) is 9.12. The summed E-state index contributed by atoms with van der Waals surface area (Å²) in [5.41, 5.74) is 0. The summed E-state index contributed by atoms with van der Waals surface area (Å²) >= 11 is 0. The van der Waals surface area contributed by atoms with Gasteiger partial charge in [0, 0.05) is 32.2 Å². The highest BCUT2D eigenvalue weighted by atomic mass is 15.3. The predicted molar refractivity (Wildman–Crippen MR) is 56.0 cm³/mol. The lowest BCUT2D eigenvalue weighted by molar-refractivity contribution is 0.162. The number of likely N-dealkylation sites (tertiary alicyclic amines) is 1. The van der Waals surface area contributed by atoms with Gasteiger partial charge in [-0.05, 0) is 42.9 Å². The van der Waals surface area contributed by atoms with Crippen molar-refractivity contribution in [3.8, 4) is 0 Å². The maximum atomic E-state index is 3.40. The number of rotatable bonds is 1. The van der Waals surface area contributed by atoms with E-state index in [0.29, 0.717) is 0 Å². The molecule has 0 aromatic carbocycles. The Morgan fingerprint density at radius 1 is 0.929 bits per heavy atom. The van der Waals surface area contributed by atoms with Crippen LogP contribution in [-0.2, 0) is 0 Å². The Bertz CT molecular complexity index is 231. The van der Waals surface area contributed by atoms with Crippen LogP contribution in [0, 0.1) is 23.7 Å². The largest absolute Gasteiger partial charge is 0.314 e. The molecular weight excluding hydrogens is 172 g/mol. The fourth-order valence-electron chi connectivity index (χ4n) is 4.54. The predicted octanol–water partition coefficient (Wildman–Crippen LogP) is 0.936. The average Bonchev–Trinajstić information content (AvgIpc) is 2.67. The summed E-state index contributed by atoms with van der Waals surface area (Å²) in [6, 6.07) is 0.903. The Kier molecular flexibility index (Phi) is 1.58. The second-order valence-corrected chi connectivity index (χ2v) is 5.93. The molecule has 2 nitrogen and oxygen atoms in total. The Hall–Kier alpha value is -0.0800. The van der Waals surface area contributed by atoms with Gasteiger partial charge < -0.3 is 5.32 Å². The van der Waals surface area contributed by atoms with Gasteiger partial charge in [0.2, 0.25) is 0 Å². The molecule has 2 aliphatic heterocycles. The number of hydrogen-bond donors (Lipinski definition) is 1. The average molecular weight is 192 g/mol. The fourth-order valence-corrected chi connectivity index (χ4v) is 4.54. The van der Waals surface area contributed by atoms with Gasteiger partial charge in [-0.3, -0.25) is 4.90 Å². The van der Waals surface area contributed by atoms with Gasteiger partial charge in [0.05, 0.1) is 0 Å². The van der Waals surface area contributed by atoms with Gasteiger partial charge in [-0.25, -0.2) is 0 Å². The van der Waals surface area contributed by atoms with Crippen molar-refractivity contribution in [1.29, 1.82) is 0 Å². The van der Waals surface area contributed by atoms with E-state index >= 15 is 0 Å². The minimum absolute atomic E-state index is 0.903. The molecular formula is C12H20N2. The smallest absolute Gasteiger partial charge is 0.0345 e. The molecule has 0 spiro atoms. The van der Waals surface area contributed by atoms with Crippen molar-refractivity contribution in [1.82, 2.24) is 10.2 Å². The number of hydrogen-bond acceptors (Lipinski definition) is 2. The van der Waals surface area contributed by atoms with E-state index in [1.807, 2.05) is 0 Å². The third-order valence-electron chi connectivity index (χ3n) is 5.44. The first kappa shape index (κ1) is 8.12. The third-order valence-corrected chi connectivity index (χ3v) is 5.44. The van der Waals surface area contributed by atoms with Crippen LogP contribution >= 0.6 is 0 Å². The maximum Gasteiger partial charge on any atom is 0.0345 e. The SMILES string of the molecule is C1CC2CC1[C@H]1CN(C3CNC3)C[C@@H]21. The van der Waals surface area contributed by atoms with Crippen LogP contribution < -0.4 is 5.32 Å². The lowest BCUT2D eigenvalue weighted by Crippen LogP contribution is -2.56. The minimum atomic E-state index is 0.903. The molecule has 2 heteroatoms. The van der Waals surface area contributed by atoms with E-state index in [2.05, 4.69) is 10.2 Å². The molecule has 78 valence electrons. The second-order valence-electron chi connectivity index (χ2n) is 5.93. The quantitative estimate of drug-likeness (QED) is 0.665. The molecule has 4 atom stereocenters. The standard InChI is InChI=1S/C12H20N2/c1-2-9-3-8(1)11-6-14(7-12(9)11)10-4-13-5-10/h8-13H,1-7H2/t8?,9?,11-,12+. The zero-order valence-electron chi connectivity index (χ0n) is 8.78. The molecule has 1 N–H and O–H groups in total. The molecule has 2 saturated heterocycles. The molecule has 2 heterocycles. The van der Waals surface area contributed by atoms with Crippen LogP contribution in [-0.4, -0.2) is 37.1 Å². The molecule has 2 saturated carbocycles. The topological polar surface area (TPSA) is 15.3 Å². The van der Waals surface area contributed by atoms with E-state index in [9.17, 15) is 0 Å². The van der Waals surface area contributed by atoms with Crippen LogP contribution in [0.2, 0.25) is 0 Å². The van der Waals surface area contributed by atoms with Crippen molar-refractivity contribution in [3.63, 3.8) is 0 Å². The number of fused-ring (bicyclic) bond motifs is 5. The highest BCUT2D eigenvalue weighted by molar-refractivity contribution is 5.04. The Morgan fingerprint density at radius 2 is 1.57 bits per heavy atom. The summed E-state index contributed by atoms with van der Waals surface area (Å²) in [6.45, 7) is 5.40. The third kappa shape index (κ3) is 0.938. The minimum Gasteiger partial charge on any atom is -0.314 e. The molecule has 4 rings (SSSR count). The fraction of sp³-hybridized carbons (Fsp3) is 1.00. The molecule has 0 amide bonds. The van der Waals surface area contributed by atoms with Crippen molar-refractivity contribution >= 4 is 0 Å². The molecule has 0 aromatic heterocycles. The summed E-state index contributed by atoms with van der Waals surface area (Å²) in [5, 5.41) is 3.40. The van der Waals surface area contributed by atoms with E-state index in [0.717, 1.165) is 29.7 Å². The molecule has 2 bridgehead atoms. The summed E-state index contributed by atoms with van der Waals surface area (Å²) in [5.74, 6) is 4.47. The van der Waals surface area contributed by atoms with Crippen LogP contribution in [0.25, 0.3) is 0 Å². The number of nitrogens with zero attached hydrogens (tertiary/aromatic N) is 1. The summed E-state index contributed by atoms with van der Waals surface area (Å²) in [6.07, 6.45) is 4.71. The first-order valence-electron chi connectivity index (χ1n) is 6.36. The Labute approximate surface area is 86.0 Å². The van der Waals surface area contributed by atoms with E-state index in [-0.39, 0.29) is 0 Å². The van der Waals surface area contributed by atoms with E-state index in [4.69, 9.17) is 0 Å². The summed E-state index contributed by atoms with van der Waals surface area (Å²) < 4.78 is 0. The second kappa shape index (κ2) is 2.73. The van der Waals surface area contributed by atoms with E-state index < -0.39 is 0 Å². The van der Waals surface area contributed by atoms with Crippen molar-refractivity contribution in [2.75, 3.05) is 26.2 Å². The van der Waals surface area contributed by atoms with Crippen molar-refractivity contribution < 1.29 is 0 Å². The number of nitrogens with one attached hydrogen (secondary N) is 1. The van der Waals surface area contributed by atoms with Crippen molar-refractivity contribution in [2.24, 2.45) is 23.7 Å². The van der Waals surface area contributed by atoms with Crippen LogP contribution in [0.15, 0.2) is 0 Å². The van der Waals surface area contributed by atoms with Gasteiger partial charge in [0.15, 0.2) is 0 Å². The first-order valence-corrected chi connectivity index (χ1v) is 6.36. The molecule has 4 aliphatic rings. The molecule has 0 radical (unpaired) electrons. The zero-order valence-corrected chi connectivity index (χ0v) is 8.78. The normalized spacial score (nSPS) is 52.3. The van der Waals surface area contributed by atoms with Crippen LogP contribution in [0.3, 0.4) is 0 Å². The maximum absolute atomic E-state index is 3.40. The Morgan fingerprint density at radius 3 is 2.07 bits per heavy atom. The van der Waals surface area contributed by atoms with E-state index in [1.165, 1.54) is 26.2 Å². The van der Waals surface area contributed by atoms with Crippen LogP contribution in [0.1, 0.15) is 19.3 Å². The molecule has 2 unspecified atom stereocenters. The van der Waals surface area contributed by atoms with Gasteiger partial charge in [0.1, 0.15) is 0 Å². The molecule has 4 fully saturated rings. The van der Waals surface area contributed by atoms with Gasteiger partial charge in [-0.1, -0.05) is 0 Å². The molecule has 14 heavy (non-hydrogen) atoms. The lowest BCUT2D eigenvalue weighted by Gasteiger charge is -2.36. The Balaban J connectivity index is 1.52. The van der Waals surface area contributed by atoms with Gasteiger partial charge in [-0.2, -0.15) is 0 Å². The van der Waals surface area contributed by atoms with Crippen molar-refractivity contribution in [3.05, 3.63) is 0 Å². The first-order chi connectivity index (χ1) is 6.92. The monoisotopic (exact) mass is 192 g/mol. The highest BCUT2D eigenvalue weighted by Gasteiger charge is 2.52. The van der Waals surface area contributed by atoms with Gasteiger partial charge >= 0.3 is 0 Å². The molecule has 0 aromatic rings. The summed E-state index contributed by atoms with van der Waals surface area (Å²) in [4.78, 5) is 2.79. The van der Waals surface area contributed by atoms with Crippen LogP contribution in [0.5, 0.6) is 0 Å². The van der Waals surface area contributed by atoms with Crippen molar-refractivity contribution in [2.45, 2.75) is 25.3 Å².